The average molecular weight is 424 g/mol. The van der Waals surface area contributed by atoms with E-state index in [-0.39, 0.29) is 35.1 Å². The Morgan fingerprint density at radius 2 is 2.03 bits per heavy atom. The number of hydrogen-bond donors (Lipinski definition) is 1. The fraction of sp³-hybridized carbons (Fsp3) is 0.500. The molecule has 0 radical (unpaired) electrons. The van der Waals surface area contributed by atoms with E-state index in [2.05, 4.69) is 21.5 Å². The van der Waals surface area contributed by atoms with Gasteiger partial charge in [0.15, 0.2) is 5.75 Å². The van der Waals surface area contributed by atoms with E-state index >= 15 is 4.39 Å². The number of rotatable bonds is 3. The van der Waals surface area contributed by atoms with Crippen LogP contribution in [0.4, 0.5) is 14.9 Å². The largest absolute Gasteiger partial charge is 0.511 e. The summed E-state index contributed by atoms with van der Waals surface area (Å²) >= 11 is 0. The minimum atomic E-state index is -1.55. The number of piperazine rings is 1. The van der Waals surface area contributed by atoms with E-state index in [4.69, 9.17) is 5.11 Å². The first kappa shape index (κ1) is 20.0. The highest BCUT2D eigenvalue weighted by atomic mass is 35.5. The molecular weight excluding hydrogens is 401 g/mol. The second-order valence-electron chi connectivity index (χ2n) is 8.32. The number of fused-ring (bicyclic) bond motifs is 3. The fourth-order valence-corrected chi connectivity index (χ4v) is 4.73. The number of nitrogens with zero attached hydrogens (tertiary/aromatic N) is 3. The Hall–Kier alpha value is -2.32. The van der Waals surface area contributed by atoms with Crippen LogP contribution in [-0.2, 0) is 0 Å². The second kappa shape index (κ2) is 6.88. The highest BCUT2D eigenvalue weighted by Crippen LogP contribution is 2.41. The Labute approximate surface area is 173 Å². The molecule has 29 heavy (non-hydrogen) atoms. The number of carboxylic acid groups (broad SMARTS) is 1. The van der Waals surface area contributed by atoms with E-state index in [1.807, 2.05) is 4.57 Å². The van der Waals surface area contributed by atoms with Gasteiger partial charge in [0.2, 0.25) is 5.43 Å². The predicted molar refractivity (Wildman–Crippen MR) is 109 cm³/mol. The summed E-state index contributed by atoms with van der Waals surface area (Å²) in [5, 5.41) is 9.07. The van der Waals surface area contributed by atoms with Crippen molar-refractivity contribution in [2.24, 2.45) is 0 Å². The van der Waals surface area contributed by atoms with Gasteiger partial charge in [-0.05, 0) is 38.3 Å². The van der Waals surface area contributed by atoms with E-state index in [0.717, 1.165) is 45.4 Å². The zero-order valence-electron chi connectivity index (χ0n) is 16.1. The molecule has 2 unspecified atom stereocenters. The van der Waals surface area contributed by atoms with E-state index in [0.29, 0.717) is 11.2 Å². The molecule has 2 aliphatic heterocycles. The quantitative estimate of drug-likeness (QED) is 0.764. The highest BCUT2D eigenvalue weighted by Gasteiger charge is 2.43. The van der Waals surface area contributed by atoms with Crippen LogP contribution in [0.1, 0.15) is 32.2 Å². The number of ether oxygens (including phenoxy) is 1. The van der Waals surface area contributed by atoms with Crippen LogP contribution in [0.15, 0.2) is 23.1 Å². The Morgan fingerprint density at radius 1 is 1.28 bits per heavy atom. The number of carbonyl (C=O) groups is 1. The molecule has 9 heteroatoms. The van der Waals surface area contributed by atoms with Crippen LogP contribution >= 0.6 is 12.4 Å². The van der Waals surface area contributed by atoms with Crippen LogP contribution in [-0.4, -0.2) is 52.4 Å². The minimum Gasteiger partial charge on any atom is -0.449 e. The SMILES string of the molecule is CC12CCN(CCN1c1cc3c(cc1F)c(=O)c(OC(=O)O)cn3C1CC1)C2.Cl. The van der Waals surface area contributed by atoms with E-state index in [1.54, 1.807) is 6.07 Å². The van der Waals surface area contributed by atoms with Crippen molar-refractivity contribution in [2.75, 3.05) is 31.1 Å². The third-order valence-corrected chi connectivity index (χ3v) is 6.32. The molecule has 2 saturated heterocycles. The number of benzene rings is 1. The molecule has 0 amide bonds. The third kappa shape index (κ3) is 3.24. The average Bonchev–Trinajstić information content (AvgIpc) is 3.43. The smallest absolute Gasteiger partial charge is 0.449 e. The minimum absolute atomic E-state index is 0. The Morgan fingerprint density at radius 3 is 2.72 bits per heavy atom. The van der Waals surface area contributed by atoms with Crippen molar-refractivity contribution in [3.63, 3.8) is 0 Å². The molecule has 2 bridgehead atoms. The molecule has 3 aliphatic rings. The first-order valence-electron chi connectivity index (χ1n) is 9.65. The maximum atomic E-state index is 15.2. The molecule has 7 nitrogen and oxygen atoms in total. The summed E-state index contributed by atoms with van der Waals surface area (Å²) in [5.41, 5.74) is 0.420. The van der Waals surface area contributed by atoms with Gasteiger partial charge in [-0.2, -0.15) is 0 Å². The maximum Gasteiger partial charge on any atom is 0.511 e. The van der Waals surface area contributed by atoms with Crippen molar-refractivity contribution in [3.8, 4) is 5.75 Å². The standard InChI is InChI=1S/C20H22FN3O4.ClH/c1-20-4-5-22(11-20)6-7-24(20)16-9-15-13(8-14(16)21)18(25)17(28-19(26)27)10-23(15)12-2-3-12;/h8-10,12H,2-7,11H2,1H3,(H,26,27);1H. The van der Waals surface area contributed by atoms with Crippen molar-refractivity contribution in [1.82, 2.24) is 9.47 Å². The number of pyridine rings is 1. The summed E-state index contributed by atoms with van der Waals surface area (Å²) in [6.07, 6.45) is 2.75. The van der Waals surface area contributed by atoms with Crippen molar-refractivity contribution in [2.45, 2.75) is 37.8 Å². The summed E-state index contributed by atoms with van der Waals surface area (Å²) < 4.78 is 21.7. The molecule has 5 rings (SSSR count). The third-order valence-electron chi connectivity index (χ3n) is 6.32. The number of hydrogen-bond acceptors (Lipinski definition) is 5. The van der Waals surface area contributed by atoms with Crippen LogP contribution in [0, 0.1) is 5.82 Å². The lowest BCUT2D eigenvalue weighted by molar-refractivity contribution is 0.143. The first-order valence-corrected chi connectivity index (χ1v) is 9.65. The molecule has 2 atom stereocenters. The van der Waals surface area contributed by atoms with Gasteiger partial charge in [0, 0.05) is 32.2 Å². The lowest BCUT2D eigenvalue weighted by Crippen LogP contribution is -2.55. The number of aromatic nitrogens is 1. The van der Waals surface area contributed by atoms with E-state index < -0.39 is 17.4 Å². The van der Waals surface area contributed by atoms with Crippen molar-refractivity contribution >= 4 is 35.2 Å². The van der Waals surface area contributed by atoms with Crippen molar-refractivity contribution in [3.05, 3.63) is 34.4 Å². The molecule has 2 aromatic rings. The fourth-order valence-electron chi connectivity index (χ4n) is 4.73. The summed E-state index contributed by atoms with van der Waals surface area (Å²) in [7, 11) is 0. The van der Waals surface area contributed by atoms with Gasteiger partial charge in [0.05, 0.1) is 28.3 Å². The normalized spacial score (nSPS) is 25.7. The summed E-state index contributed by atoms with van der Waals surface area (Å²) in [6, 6.07) is 3.18. The number of halogens is 2. The van der Waals surface area contributed by atoms with Crippen LogP contribution in [0.3, 0.4) is 0 Å². The van der Waals surface area contributed by atoms with Gasteiger partial charge in [-0.1, -0.05) is 0 Å². The summed E-state index contributed by atoms with van der Waals surface area (Å²) in [4.78, 5) is 28.2. The van der Waals surface area contributed by atoms with Gasteiger partial charge in [-0.3, -0.25) is 9.69 Å². The Bertz CT molecular complexity index is 1050. The van der Waals surface area contributed by atoms with Gasteiger partial charge in [0.1, 0.15) is 5.82 Å². The van der Waals surface area contributed by atoms with Gasteiger partial charge >= 0.3 is 6.16 Å². The monoisotopic (exact) mass is 423 g/mol. The van der Waals surface area contributed by atoms with Crippen LogP contribution < -0.4 is 15.1 Å². The molecule has 3 heterocycles. The van der Waals surface area contributed by atoms with Crippen LogP contribution in [0.2, 0.25) is 0 Å². The van der Waals surface area contributed by atoms with Crippen LogP contribution in [0.25, 0.3) is 10.9 Å². The van der Waals surface area contributed by atoms with Gasteiger partial charge < -0.3 is 19.3 Å². The molecule has 3 fully saturated rings. The molecule has 156 valence electrons. The van der Waals surface area contributed by atoms with Crippen molar-refractivity contribution in [1.29, 1.82) is 0 Å². The summed E-state index contributed by atoms with van der Waals surface area (Å²) in [6.45, 7) is 5.73. The molecule has 1 saturated carbocycles. The van der Waals surface area contributed by atoms with Crippen LogP contribution in [0.5, 0.6) is 5.75 Å². The van der Waals surface area contributed by atoms with Crippen molar-refractivity contribution < 1.29 is 19.0 Å². The highest BCUT2D eigenvalue weighted by molar-refractivity contribution is 5.86. The molecular formula is C20H23ClFN3O4. The predicted octanol–water partition coefficient (Wildman–Crippen LogP) is 3.24. The number of anilines is 1. The van der Waals surface area contributed by atoms with E-state index in [9.17, 15) is 9.59 Å². The molecule has 0 spiro atoms. The summed E-state index contributed by atoms with van der Waals surface area (Å²) in [5.74, 6) is -0.739. The van der Waals surface area contributed by atoms with Gasteiger partial charge in [0.25, 0.3) is 0 Å². The molecule has 1 aliphatic carbocycles. The first-order chi connectivity index (χ1) is 13.4. The zero-order chi connectivity index (χ0) is 19.6. The zero-order valence-corrected chi connectivity index (χ0v) is 16.9. The second-order valence-corrected chi connectivity index (χ2v) is 8.32. The molecule has 1 N–H and O–H groups in total. The van der Waals surface area contributed by atoms with Gasteiger partial charge in [-0.15, -0.1) is 12.4 Å². The molecule has 1 aromatic carbocycles. The van der Waals surface area contributed by atoms with Gasteiger partial charge in [-0.25, -0.2) is 9.18 Å². The topological polar surface area (TPSA) is 75.0 Å². The molecule has 1 aromatic heterocycles. The van der Waals surface area contributed by atoms with E-state index in [1.165, 1.54) is 12.3 Å². The maximum absolute atomic E-state index is 15.2. The lowest BCUT2D eigenvalue weighted by Gasteiger charge is -2.44. The lowest BCUT2D eigenvalue weighted by atomic mass is 9.96. The Kier molecular flexibility index (Phi) is 4.74. The Balaban J connectivity index is 0.00000205.